The van der Waals surface area contributed by atoms with Crippen LogP contribution in [0.15, 0.2) is 11.1 Å². The average Bonchev–Trinajstić information content (AvgIpc) is 2.40. The first-order valence-corrected chi connectivity index (χ1v) is 6.78. The van der Waals surface area contributed by atoms with Gasteiger partial charge in [-0.25, -0.2) is 4.98 Å². The van der Waals surface area contributed by atoms with E-state index >= 15 is 0 Å². The highest BCUT2D eigenvalue weighted by atomic mass is 35.5. The Bertz CT molecular complexity index is 477. The van der Waals surface area contributed by atoms with Gasteiger partial charge in [-0.1, -0.05) is 25.4 Å². The number of aromatic nitrogens is 2. The summed E-state index contributed by atoms with van der Waals surface area (Å²) in [5.41, 5.74) is -0.311. The Morgan fingerprint density at radius 2 is 2.47 bits per heavy atom. The van der Waals surface area contributed by atoms with Crippen molar-refractivity contribution in [3.05, 3.63) is 21.7 Å². The summed E-state index contributed by atoms with van der Waals surface area (Å²) in [6.07, 6.45) is 1.38. The van der Waals surface area contributed by atoms with Crippen molar-refractivity contribution in [2.24, 2.45) is 0 Å². The minimum atomic E-state index is -0.311. The molecule has 0 amide bonds. The number of hydrogen-bond acceptors (Lipinski definition) is 5. The smallest absolute Gasteiger partial charge is 0.271 e. The normalized spacial score (nSPS) is 20.0. The number of anilines is 1. The second-order valence-electron chi connectivity index (χ2n) is 4.85. The molecule has 2 N–H and O–H groups in total. The molecule has 1 aliphatic rings. The largest absolute Gasteiger partial charge is 0.377 e. The third kappa shape index (κ3) is 3.46. The SMILES string of the molecule is CC(C)NCC1COCCN1c1nc[nH]c(=O)c1Cl. The number of rotatable bonds is 4. The molecule has 1 unspecified atom stereocenters. The Balaban J connectivity index is 2.19. The van der Waals surface area contributed by atoms with E-state index in [2.05, 4.69) is 29.1 Å². The fourth-order valence-electron chi connectivity index (χ4n) is 2.05. The lowest BCUT2D eigenvalue weighted by atomic mass is 10.2. The topological polar surface area (TPSA) is 70.2 Å². The monoisotopic (exact) mass is 286 g/mol. The molecule has 1 aromatic heterocycles. The van der Waals surface area contributed by atoms with E-state index < -0.39 is 0 Å². The molecule has 0 spiro atoms. The van der Waals surface area contributed by atoms with Crippen LogP contribution in [-0.2, 0) is 4.74 Å². The standard InChI is InChI=1S/C12H19ClN4O2/c1-8(2)14-5-9-6-19-4-3-17(9)11-10(13)12(18)16-7-15-11/h7-9,14H,3-6H2,1-2H3,(H,15,16,18). The van der Waals surface area contributed by atoms with Crippen LogP contribution in [0.3, 0.4) is 0 Å². The van der Waals surface area contributed by atoms with Crippen LogP contribution in [0.5, 0.6) is 0 Å². The van der Waals surface area contributed by atoms with Gasteiger partial charge in [0, 0.05) is 19.1 Å². The third-order valence-electron chi connectivity index (χ3n) is 3.04. The molecule has 7 heteroatoms. The minimum Gasteiger partial charge on any atom is -0.377 e. The number of aromatic amines is 1. The molecule has 6 nitrogen and oxygen atoms in total. The van der Waals surface area contributed by atoms with Crippen LogP contribution < -0.4 is 15.8 Å². The average molecular weight is 287 g/mol. The first-order valence-electron chi connectivity index (χ1n) is 6.40. The summed E-state index contributed by atoms with van der Waals surface area (Å²) in [7, 11) is 0. The molecule has 2 rings (SSSR count). The van der Waals surface area contributed by atoms with E-state index in [0.29, 0.717) is 31.6 Å². The van der Waals surface area contributed by atoms with Gasteiger partial charge >= 0.3 is 0 Å². The second-order valence-corrected chi connectivity index (χ2v) is 5.23. The molecule has 0 saturated carbocycles. The maximum absolute atomic E-state index is 11.6. The van der Waals surface area contributed by atoms with Crippen molar-refractivity contribution in [1.82, 2.24) is 15.3 Å². The lowest BCUT2D eigenvalue weighted by Gasteiger charge is -2.37. The summed E-state index contributed by atoms with van der Waals surface area (Å²) in [5.74, 6) is 0.532. The highest BCUT2D eigenvalue weighted by Gasteiger charge is 2.26. The summed E-state index contributed by atoms with van der Waals surface area (Å²) in [6.45, 7) is 6.84. The molecule has 0 aromatic carbocycles. The molecular weight excluding hydrogens is 268 g/mol. The zero-order valence-electron chi connectivity index (χ0n) is 11.1. The molecule has 1 atom stereocenters. The Morgan fingerprint density at radius 1 is 1.68 bits per heavy atom. The second kappa shape index (κ2) is 6.36. The summed E-state index contributed by atoms with van der Waals surface area (Å²) >= 11 is 6.05. The zero-order chi connectivity index (χ0) is 13.8. The molecular formula is C12H19ClN4O2. The number of nitrogens with zero attached hydrogens (tertiary/aromatic N) is 2. The molecule has 0 aliphatic carbocycles. The van der Waals surface area contributed by atoms with Gasteiger partial charge in [-0.15, -0.1) is 0 Å². The molecule has 0 bridgehead atoms. The number of ether oxygens (including phenoxy) is 1. The molecule has 2 heterocycles. The van der Waals surface area contributed by atoms with E-state index in [4.69, 9.17) is 16.3 Å². The first-order chi connectivity index (χ1) is 9.09. The number of hydrogen-bond donors (Lipinski definition) is 2. The molecule has 1 saturated heterocycles. The van der Waals surface area contributed by atoms with Crippen molar-refractivity contribution in [2.45, 2.75) is 25.9 Å². The fourth-order valence-corrected chi connectivity index (χ4v) is 2.26. The maximum Gasteiger partial charge on any atom is 0.271 e. The van der Waals surface area contributed by atoms with Crippen LogP contribution in [0.1, 0.15) is 13.8 Å². The fraction of sp³-hybridized carbons (Fsp3) is 0.667. The van der Waals surface area contributed by atoms with Crippen molar-refractivity contribution in [3.63, 3.8) is 0 Å². The van der Waals surface area contributed by atoms with Crippen LogP contribution in [0, 0.1) is 0 Å². The van der Waals surface area contributed by atoms with Crippen molar-refractivity contribution in [3.8, 4) is 0 Å². The lowest BCUT2D eigenvalue weighted by Crippen LogP contribution is -2.52. The van der Waals surface area contributed by atoms with E-state index in [1.54, 1.807) is 0 Å². The number of H-pyrrole nitrogens is 1. The highest BCUT2D eigenvalue weighted by Crippen LogP contribution is 2.22. The van der Waals surface area contributed by atoms with Gasteiger partial charge in [0.15, 0.2) is 5.82 Å². The number of morpholine rings is 1. The maximum atomic E-state index is 11.6. The van der Waals surface area contributed by atoms with E-state index in [9.17, 15) is 4.79 Å². The Morgan fingerprint density at radius 3 is 3.21 bits per heavy atom. The van der Waals surface area contributed by atoms with Gasteiger partial charge in [-0.3, -0.25) is 4.79 Å². The van der Waals surface area contributed by atoms with Gasteiger partial charge in [0.05, 0.1) is 25.6 Å². The number of halogens is 1. The summed E-state index contributed by atoms with van der Waals surface area (Å²) in [5, 5.41) is 3.51. The lowest BCUT2D eigenvalue weighted by molar-refractivity contribution is 0.0927. The van der Waals surface area contributed by atoms with E-state index in [0.717, 1.165) is 6.54 Å². The van der Waals surface area contributed by atoms with Gasteiger partial charge in [-0.2, -0.15) is 0 Å². The summed E-state index contributed by atoms with van der Waals surface area (Å²) < 4.78 is 5.50. The van der Waals surface area contributed by atoms with Gasteiger partial charge in [0.25, 0.3) is 5.56 Å². The molecule has 1 aliphatic heterocycles. The molecule has 106 valence electrons. The molecule has 1 fully saturated rings. The molecule has 19 heavy (non-hydrogen) atoms. The van der Waals surface area contributed by atoms with Crippen LogP contribution in [0.25, 0.3) is 0 Å². The van der Waals surface area contributed by atoms with Crippen molar-refractivity contribution >= 4 is 17.4 Å². The van der Waals surface area contributed by atoms with E-state index in [-0.39, 0.29) is 16.6 Å². The van der Waals surface area contributed by atoms with Crippen LogP contribution in [0.2, 0.25) is 5.02 Å². The van der Waals surface area contributed by atoms with Gasteiger partial charge in [0.1, 0.15) is 5.02 Å². The zero-order valence-corrected chi connectivity index (χ0v) is 11.9. The predicted molar refractivity (Wildman–Crippen MR) is 75.0 cm³/mol. The van der Waals surface area contributed by atoms with Gasteiger partial charge in [0.2, 0.25) is 0 Å². The Kier molecular flexibility index (Phi) is 4.79. The summed E-state index contributed by atoms with van der Waals surface area (Å²) in [6, 6.07) is 0.523. The third-order valence-corrected chi connectivity index (χ3v) is 3.38. The summed E-state index contributed by atoms with van der Waals surface area (Å²) in [4.78, 5) is 20.3. The first kappa shape index (κ1) is 14.3. The van der Waals surface area contributed by atoms with E-state index in [1.807, 2.05) is 4.90 Å². The van der Waals surface area contributed by atoms with Gasteiger partial charge in [-0.05, 0) is 0 Å². The van der Waals surface area contributed by atoms with Gasteiger partial charge < -0.3 is 19.9 Å². The van der Waals surface area contributed by atoms with Crippen molar-refractivity contribution in [2.75, 3.05) is 31.2 Å². The Labute approximate surface area is 117 Å². The highest BCUT2D eigenvalue weighted by molar-refractivity contribution is 6.32. The van der Waals surface area contributed by atoms with Crippen LogP contribution in [-0.4, -0.2) is 48.4 Å². The molecule has 0 radical (unpaired) electrons. The predicted octanol–water partition coefficient (Wildman–Crippen LogP) is 0.626. The number of nitrogens with one attached hydrogen (secondary N) is 2. The quantitative estimate of drug-likeness (QED) is 0.849. The minimum absolute atomic E-state index is 0.128. The molecule has 1 aromatic rings. The van der Waals surface area contributed by atoms with Crippen LogP contribution in [0.4, 0.5) is 5.82 Å². The van der Waals surface area contributed by atoms with Crippen molar-refractivity contribution in [1.29, 1.82) is 0 Å². The van der Waals surface area contributed by atoms with Crippen molar-refractivity contribution < 1.29 is 4.74 Å². The van der Waals surface area contributed by atoms with E-state index in [1.165, 1.54) is 6.33 Å². The Hall–Kier alpha value is -1.11. The van der Waals surface area contributed by atoms with Crippen LogP contribution >= 0.6 is 11.6 Å².